The Morgan fingerprint density at radius 1 is 1.28 bits per heavy atom. The number of rotatable bonds is 2. The van der Waals surface area contributed by atoms with Gasteiger partial charge in [-0.1, -0.05) is 25.3 Å². The lowest BCUT2D eigenvalue weighted by Crippen LogP contribution is -2.04. The van der Waals surface area contributed by atoms with Crippen LogP contribution in [0, 0.1) is 0 Å². The molecular formula is C15H17NO2. The molecule has 1 aliphatic rings. The van der Waals surface area contributed by atoms with Crippen molar-refractivity contribution in [3.8, 4) is 0 Å². The molecule has 0 radical (unpaired) electrons. The van der Waals surface area contributed by atoms with Crippen molar-refractivity contribution in [2.45, 2.75) is 44.9 Å². The highest BCUT2D eigenvalue weighted by atomic mass is 16.3. The minimum Gasteiger partial charge on any atom is -0.440 e. The Morgan fingerprint density at radius 2 is 2.06 bits per heavy atom. The second-order valence-electron chi connectivity index (χ2n) is 5.10. The van der Waals surface area contributed by atoms with Crippen LogP contribution < -0.4 is 0 Å². The Balaban J connectivity index is 2.04. The second kappa shape index (κ2) is 4.56. The van der Waals surface area contributed by atoms with Crippen molar-refractivity contribution in [2.24, 2.45) is 0 Å². The number of carbonyl (C=O) groups excluding carboxylic acids is 1. The van der Waals surface area contributed by atoms with E-state index in [2.05, 4.69) is 4.98 Å². The standard InChI is InChI=1S/C15H17NO2/c1-10(17)12-8-5-9-13-14(12)18-15(16-13)11-6-3-2-4-7-11/h5,8-9,11H,2-4,6-7H2,1H3. The van der Waals surface area contributed by atoms with Gasteiger partial charge in [-0.05, 0) is 31.9 Å². The third kappa shape index (κ3) is 1.94. The van der Waals surface area contributed by atoms with Crippen LogP contribution >= 0.6 is 0 Å². The molecule has 1 aliphatic carbocycles. The van der Waals surface area contributed by atoms with Crippen molar-refractivity contribution >= 4 is 16.9 Å². The fourth-order valence-electron chi connectivity index (χ4n) is 2.77. The topological polar surface area (TPSA) is 43.1 Å². The van der Waals surface area contributed by atoms with Gasteiger partial charge in [-0.25, -0.2) is 4.98 Å². The molecule has 0 unspecified atom stereocenters. The number of carbonyl (C=O) groups is 1. The fraction of sp³-hybridized carbons (Fsp3) is 0.467. The third-order valence-electron chi connectivity index (χ3n) is 3.77. The molecule has 2 aromatic rings. The van der Waals surface area contributed by atoms with Gasteiger partial charge in [0.25, 0.3) is 0 Å². The molecule has 0 bridgehead atoms. The summed E-state index contributed by atoms with van der Waals surface area (Å²) in [4.78, 5) is 16.1. The first-order valence-electron chi connectivity index (χ1n) is 6.66. The number of Topliss-reactive ketones (excluding diaryl/α,β-unsaturated/α-hetero) is 1. The summed E-state index contributed by atoms with van der Waals surface area (Å²) in [5, 5.41) is 0. The Bertz CT molecular complexity index is 579. The van der Waals surface area contributed by atoms with Gasteiger partial charge >= 0.3 is 0 Å². The molecule has 1 heterocycles. The summed E-state index contributed by atoms with van der Waals surface area (Å²) in [7, 11) is 0. The van der Waals surface area contributed by atoms with Crippen molar-refractivity contribution in [1.29, 1.82) is 0 Å². The second-order valence-corrected chi connectivity index (χ2v) is 5.10. The van der Waals surface area contributed by atoms with E-state index in [9.17, 15) is 4.79 Å². The first-order valence-corrected chi connectivity index (χ1v) is 6.66. The summed E-state index contributed by atoms with van der Waals surface area (Å²) in [5.41, 5.74) is 2.11. The maximum absolute atomic E-state index is 11.6. The summed E-state index contributed by atoms with van der Waals surface area (Å²) >= 11 is 0. The van der Waals surface area contributed by atoms with Crippen LogP contribution in [0.4, 0.5) is 0 Å². The van der Waals surface area contributed by atoms with Gasteiger partial charge in [0.2, 0.25) is 0 Å². The highest BCUT2D eigenvalue weighted by molar-refractivity contribution is 6.04. The van der Waals surface area contributed by atoms with Crippen molar-refractivity contribution < 1.29 is 9.21 Å². The van der Waals surface area contributed by atoms with E-state index in [1.165, 1.54) is 19.3 Å². The number of hydrogen-bond acceptors (Lipinski definition) is 3. The maximum atomic E-state index is 11.6. The van der Waals surface area contributed by atoms with Crippen molar-refractivity contribution in [3.63, 3.8) is 0 Å². The molecule has 3 heteroatoms. The highest BCUT2D eigenvalue weighted by Gasteiger charge is 2.22. The van der Waals surface area contributed by atoms with E-state index in [4.69, 9.17) is 4.42 Å². The van der Waals surface area contributed by atoms with Crippen molar-refractivity contribution in [1.82, 2.24) is 4.98 Å². The molecule has 18 heavy (non-hydrogen) atoms. The summed E-state index contributed by atoms with van der Waals surface area (Å²) < 4.78 is 5.87. The lowest BCUT2D eigenvalue weighted by molar-refractivity contribution is 0.101. The average molecular weight is 243 g/mol. The van der Waals surface area contributed by atoms with E-state index in [0.717, 1.165) is 24.2 Å². The van der Waals surface area contributed by atoms with Gasteiger partial charge in [0, 0.05) is 5.92 Å². The van der Waals surface area contributed by atoms with Gasteiger partial charge in [0.15, 0.2) is 17.3 Å². The maximum Gasteiger partial charge on any atom is 0.198 e. The largest absolute Gasteiger partial charge is 0.440 e. The normalized spacial score (nSPS) is 17.2. The van der Waals surface area contributed by atoms with Gasteiger partial charge in [-0.15, -0.1) is 0 Å². The van der Waals surface area contributed by atoms with E-state index >= 15 is 0 Å². The molecule has 1 aromatic heterocycles. The molecule has 1 fully saturated rings. The molecule has 0 spiro atoms. The van der Waals surface area contributed by atoms with E-state index < -0.39 is 0 Å². The first-order chi connectivity index (χ1) is 8.75. The summed E-state index contributed by atoms with van der Waals surface area (Å²) in [6.07, 6.45) is 6.13. The molecule has 0 aliphatic heterocycles. The van der Waals surface area contributed by atoms with Crippen molar-refractivity contribution in [3.05, 3.63) is 29.7 Å². The number of oxazole rings is 1. The van der Waals surface area contributed by atoms with Crippen LogP contribution in [-0.2, 0) is 0 Å². The summed E-state index contributed by atoms with van der Waals surface area (Å²) in [6.45, 7) is 1.57. The average Bonchev–Trinajstić information content (AvgIpc) is 2.83. The Kier molecular flexibility index (Phi) is 2.90. The van der Waals surface area contributed by atoms with E-state index in [-0.39, 0.29) is 5.78 Å². The molecule has 0 atom stereocenters. The van der Waals surface area contributed by atoms with Crippen LogP contribution in [0.5, 0.6) is 0 Å². The molecule has 0 N–H and O–H groups in total. The number of para-hydroxylation sites is 1. The first kappa shape index (κ1) is 11.5. The number of fused-ring (bicyclic) bond motifs is 1. The smallest absolute Gasteiger partial charge is 0.198 e. The molecule has 0 amide bonds. The molecular weight excluding hydrogens is 226 g/mol. The molecule has 0 saturated heterocycles. The minimum atomic E-state index is 0.0342. The zero-order valence-corrected chi connectivity index (χ0v) is 10.6. The van der Waals surface area contributed by atoms with Gasteiger partial charge in [0.1, 0.15) is 5.52 Å². The highest BCUT2D eigenvalue weighted by Crippen LogP contribution is 2.34. The Labute approximate surface area is 106 Å². The number of aromatic nitrogens is 1. The van der Waals surface area contributed by atoms with Crippen LogP contribution in [-0.4, -0.2) is 10.8 Å². The van der Waals surface area contributed by atoms with Crippen molar-refractivity contribution in [2.75, 3.05) is 0 Å². The molecule has 3 rings (SSSR count). The fourth-order valence-corrected chi connectivity index (χ4v) is 2.77. The quantitative estimate of drug-likeness (QED) is 0.746. The predicted octanol–water partition coefficient (Wildman–Crippen LogP) is 4.08. The number of hydrogen-bond donors (Lipinski definition) is 0. The van der Waals surface area contributed by atoms with Crippen LogP contribution in [0.25, 0.3) is 11.1 Å². The minimum absolute atomic E-state index is 0.0342. The van der Waals surface area contributed by atoms with Crippen LogP contribution in [0.3, 0.4) is 0 Å². The molecule has 3 nitrogen and oxygen atoms in total. The van der Waals surface area contributed by atoms with Crippen LogP contribution in [0.2, 0.25) is 0 Å². The Hall–Kier alpha value is -1.64. The summed E-state index contributed by atoms with van der Waals surface area (Å²) in [6, 6.07) is 5.59. The SMILES string of the molecule is CC(=O)c1cccc2nc(C3CCCCC3)oc12. The molecule has 1 saturated carbocycles. The van der Waals surface area contributed by atoms with Gasteiger partial charge in [-0.2, -0.15) is 0 Å². The zero-order valence-electron chi connectivity index (χ0n) is 10.6. The monoisotopic (exact) mass is 243 g/mol. The lowest BCUT2D eigenvalue weighted by Gasteiger charge is -2.17. The van der Waals surface area contributed by atoms with E-state index in [0.29, 0.717) is 17.1 Å². The van der Waals surface area contributed by atoms with Crippen LogP contribution in [0.15, 0.2) is 22.6 Å². The number of benzene rings is 1. The number of nitrogens with zero attached hydrogens (tertiary/aromatic N) is 1. The Morgan fingerprint density at radius 3 is 2.78 bits per heavy atom. The van der Waals surface area contributed by atoms with Crippen LogP contribution in [0.1, 0.15) is 61.2 Å². The summed E-state index contributed by atoms with van der Waals surface area (Å²) in [5.74, 6) is 1.29. The number of ketones is 1. The predicted molar refractivity (Wildman–Crippen MR) is 69.8 cm³/mol. The lowest BCUT2D eigenvalue weighted by atomic mass is 9.89. The van der Waals surface area contributed by atoms with Gasteiger partial charge in [-0.3, -0.25) is 4.79 Å². The van der Waals surface area contributed by atoms with E-state index in [1.807, 2.05) is 12.1 Å². The van der Waals surface area contributed by atoms with E-state index in [1.54, 1.807) is 13.0 Å². The zero-order chi connectivity index (χ0) is 12.5. The van der Waals surface area contributed by atoms with Gasteiger partial charge in [0.05, 0.1) is 5.56 Å². The molecule has 94 valence electrons. The molecule has 1 aromatic carbocycles. The van der Waals surface area contributed by atoms with Gasteiger partial charge < -0.3 is 4.42 Å². The third-order valence-corrected chi connectivity index (χ3v) is 3.77.